The average Bonchev–Trinajstić information content (AvgIpc) is 2.47. The molecule has 0 aliphatic carbocycles. The van der Waals surface area contributed by atoms with Gasteiger partial charge in [-0.2, -0.15) is 4.31 Å². The van der Waals surface area contributed by atoms with E-state index in [1.54, 1.807) is 16.4 Å². The Morgan fingerprint density at radius 3 is 2.32 bits per heavy atom. The lowest BCUT2D eigenvalue weighted by Gasteiger charge is -2.41. The van der Waals surface area contributed by atoms with E-state index < -0.39 is 10.0 Å². The molecule has 6 heteroatoms. The molecule has 1 heterocycles. The van der Waals surface area contributed by atoms with Crippen molar-refractivity contribution in [2.75, 3.05) is 40.3 Å². The van der Waals surface area contributed by atoms with Crippen LogP contribution in [0.2, 0.25) is 0 Å². The van der Waals surface area contributed by atoms with Gasteiger partial charge in [0.05, 0.1) is 11.5 Å². The number of aliphatic hydroxyl groups excluding tert-OH is 1. The fraction of sp³-hybridized carbons (Fsp3) is 0.625. The molecule has 124 valence electrons. The van der Waals surface area contributed by atoms with Gasteiger partial charge >= 0.3 is 0 Å². The molecule has 0 saturated carbocycles. The maximum atomic E-state index is 12.8. The molecule has 0 amide bonds. The lowest BCUT2D eigenvalue weighted by molar-refractivity contribution is 0.0442. The first-order valence-electron chi connectivity index (χ1n) is 7.62. The van der Waals surface area contributed by atoms with Gasteiger partial charge in [-0.15, -0.1) is 0 Å². The van der Waals surface area contributed by atoms with E-state index >= 15 is 0 Å². The number of sulfonamides is 1. The van der Waals surface area contributed by atoms with Crippen LogP contribution in [0.15, 0.2) is 29.2 Å². The van der Waals surface area contributed by atoms with Crippen LogP contribution in [0, 0.1) is 12.3 Å². The molecular formula is C16H26N2O3S. The molecule has 5 nitrogen and oxygen atoms in total. The highest BCUT2D eigenvalue weighted by Crippen LogP contribution is 2.34. The van der Waals surface area contributed by atoms with Crippen LogP contribution >= 0.6 is 0 Å². The molecule has 1 aromatic carbocycles. The zero-order valence-corrected chi connectivity index (χ0v) is 14.4. The first-order chi connectivity index (χ1) is 10.3. The number of nitrogens with zero attached hydrogens (tertiary/aromatic N) is 2. The highest BCUT2D eigenvalue weighted by molar-refractivity contribution is 7.89. The monoisotopic (exact) mass is 326 g/mol. The van der Waals surface area contributed by atoms with Gasteiger partial charge in [0.2, 0.25) is 10.0 Å². The van der Waals surface area contributed by atoms with E-state index in [0.29, 0.717) is 30.8 Å². The summed E-state index contributed by atoms with van der Waals surface area (Å²) in [5.74, 6) is 0. The second-order valence-electron chi connectivity index (χ2n) is 6.57. The molecule has 0 spiro atoms. The minimum atomic E-state index is -3.44. The maximum Gasteiger partial charge on any atom is 0.243 e. The van der Waals surface area contributed by atoms with E-state index in [1.165, 1.54) is 0 Å². The largest absolute Gasteiger partial charge is 0.396 e. The summed E-state index contributed by atoms with van der Waals surface area (Å²) >= 11 is 0. The van der Waals surface area contributed by atoms with Crippen LogP contribution in [0.25, 0.3) is 0 Å². The molecule has 1 aliphatic rings. The smallest absolute Gasteiger partial charge is 0.243 e. The van der Waals surface area contributed by atoms with E-state index in [4.69, 9.17) is 0 Å². The highest BCUT2D eigenvalue weighted by atomic mass is 32.2. The third-order valence-corrected chi connectivity index (χ3v) is 6.54. The summed E-state index contributed by atoms with van der Waals surface area (Å²) in [4.78, 5) is 2.45. The van der Waals surface area contributed by atoms with Crippen LogP contribution in [0.4, 0.5) is 0 Å². The fourth-order valence-corrected chi connectivity index (χ4v) is 4.89. The second kappa shape index (κ2) is 6.66. The minimum absolute atomic E-state index is 0.101. The first kappa shape index (κ1) is 17.4. The predicted octanol–water partition coefficient (Wildman–Crippen LogP) is 1.32. The first-order valence-corrected chi connectivity index (χ1v) is 9.06. The molecule has 0 aromatic heterocycles. The Morgan fingerprint density at radius 1 is 1.23 bits per heavy atom. The lowest BCUT2D eigenvalue weighted by Crippen LogP contribution is -2.48. The Balaban J connectivity index is 2.16. The Morgan fingerprint density at radius 2 is 1.82 bits per heavy atom. The molecule has 1 aromatic rings. The van der Waals surface area contributed by atoms with E-state index in [9.17, 15) is 13.5 Å². The third-order valence-electron chi connectivity index (χ3n) is 4.48. The van der Waals surface area contributed by atoms with Crippen LogP contribution in [-0.2, 0) is 10.0 Å². The Labute approximate surface area is 133 Å². The molecule has 22 heavy (non-hydrogen) atoms. The number of piperidine rings is 1. The van der Waals surface area contributed by atoms with Crippen molar-refractivity contribution in [2.45, 2.75) is 24.7 Å². The van der Waals surface area contributed by atoms with Gasteiger partial charge in [0.1, 0.15) is 0 Å². The molecule has 1 aliphatic heterocycles. The quantitative estimate of drug-likeness (QED) is 0.886. The van der Waals surface area contributed by atoms with Gasteiger partial charge in [0.15, 0.2) is 0 Å². The van der Waals surface area contributed by atoms with Crippen molar-refractivity contribution in [3.63, 3.8) is 0 Å². The van der Waals surface area contributed by atoms with Crippen LogP contribution < -0.4 is 0 Å². The zero-order chi connectivity index (χ0) is 16.4. The highest BCUT2D eigenvalue weighted by Gasteiger charge is 2.38. The summed E-state index contributed by atoms with van der Waals surface area (Å²) in [6, 6.07) is 7.09. The van der Waals surface area contributed by atoms with Crippen LogP contribution in [0.3, 0.4) is 0 Å². The summed E-state index contributed by atoms with van der Waals surface area (Å²) in [6.07, 6.45) is 1.37. The zero-order valence-electron chi connectivity index (χ0n) is 13.6. The molecular weight excluding hydrogens is 300 g/mol. The number of hydrogen-bond acceptors (Lipinski definition) is 4. The molecule has 0 radical (unpaired) electrons. The van der Waals surface area contributed by atoms with Gasteiger partial charge in [-0.3, -0.25) is 0 Å². The van der Waals surface area contributed by atoms with Gasteiger partial charge < -0.3 is 10.0 Å². The van der Waals surface area contributed by atoms with Gasteiger partial charge in [-0.25, -0.2) is 8.42 Å². The van der Waals surface area contributed by atoms with Crippen molar-refractivity contribution in [1.82, 2.24) is 9.21 Å². The van der Waals surface area contributed by atoms with Gasteiger partial charge in [-0.05, 0) is 45.5 Å². The average molecular weight is 326 g/mol. The topological polar surface area (TPSA) is 60.9 Å². The van der Waals surface area contributed by atoms with Crippen LogP contribution in [0.5, 0.6) is 0 Å². The Hall–Kier alpha value is -0.950. The molecule has 0 unspecified atom stereocenters. The Kier molecular flexibility index (Phi) is 5.27. The van der Waals surface area contributed by atoms with Crippen molar-refractivity contribution in [1.29, 1.82) is 0 Å². The van der Waals surface area contributed by atoms with Crippen molar-refractivity contribution in [3.05, 3.63) is 29.8 Å². The number of rotatable bonds is 5. The summed E-state index contributed by atoms with van der Waals surface area (Å²) < 4.78 is 27.1. The van der Waals surface area contributed by atoms with Crippen molar-refractivity contribution in [2.24, 2.45) is 5.41 Å². The normalized spacial score (nSPS) is 19.5. The van der Waals surface area contributed by atoms with Crippen molar-refractivity contribution >= 4 is 10.0 Å². The molecule has 2 rings (SSSR count). The standard InChI is InChI=1S/C16H26N2O3S/c1-14-6-4-5-7-15(14)22(20,21)18-10-8-16(13-19,9-11-18)12-17(2)3/h4-7,19H,8-13H2,1-3H3. The third kappa shape index (κ3) is 3.51. The van der Waals surface area contributed by atoms with E-state index in [0.717, 1.165) is 12.1 Å². The Bertz CT molecular complexity index is 606. The number of aryl methyl sites for hydroxylation is 1. The summed E-state index contributed by atoms with van der Waals surface area (Å²) in [5, 5.41) is 9.75. The minimum Gasteiger partial charge on any atom is -0.396 e. The number of aliphatic hydroxyl groups is 1. The van der Waals surface area contributed by atoms with Gasteiger partial charge in [0.25, 0.3) is 0 Å². The van der Waals surface area contributed by atoms with Crippen LogP contribution in [0.1, 0.15) is 18.4 Å². The summed E-state index contributed by atoms with van der Waals surface area (Å²) in [7, 11) is 0.519. The van der Waals surface area contributed by atoms with E-state index in [-0.39, 0.29) is 12.0 Å². The lowest BCUT2D eigenvalue weighted by atomic mass is 9.79. The van der Waals surface area contributed by atoms with Crippen molar-refractivity contribution < 1.29 is 13.5 Å². The second-order valence-corrected chi connectivity index (χ2v) is 8.47. The molecule has 1 fully saturated rings. The van der Waals surface area contributed by atoms with E-state index in [1.807, 2.05) is 33.2 Å². The maximum absolute atomic E-state index is 12.8. The van der Waals surface area contributed by atoms with Crippen molar-refractivity contribution in [3.8, 4) is 0 Å². The number of hydrogen-bond donors (Lipinski definition) is 1. The van der Waals surface area contributed by atoms with Gasteiger partial charge in [-0.1, -0.05) is 18.2 Å². The van der Waals surface area contributed by atoms with Crippen LogP contribution in [-0.4, -0.2) is 63.1 Å². The number of benzene rings is 1. The molecule has 0 bridgehead atoms. The molecule has 1 N–H and O–H groups in total. The van der Waals surface area contributed by atoms with Gasteiger partial charge in [0, 0.05) is 25.0 Å². The fourth-order valence-electron chi connectivity index (χ4n) is 3.22. The summed E-state index contributed by atoms with van der Waals surface area (Å²) in [6.45, 7) is 3.63. The molecule has 1 saturated heterocycles. The van der Waals surface area contributed by atoms with E-state index in [2.05, 4.69) is 4.90 Å². The SMILES string of the molecule is Cc1ccccc1S(=O)(=O)N1CCC(CO)(CN(C)C)CC1. The predicted molar refractivity (Wildman–Crippen MR) is 87.2 cm³/mol. The summed E-state index contributed by atoms with van der Waals surface area (Å²) in [5.41, 5.74) is 0.580. The molecule has 0 atom stereocenters.